The molecule has 0 atom stereocenters. The van der Waals surface area contributed by atoms with Gasteiger partial charge in [-0.15, -0.1) is 0 Å². The van der Waals surface area contributed by atoms with E-state index in [1.807, 2.05) is 0 Å². The topological polar surface area (TPSA) is 102 Å². The van der Waals surface area contributed by atoms with Crippen LogP contribution in [0.3, 0.4) is 0 Å². The number of hydrogen-bond donors (Lipinski definition) is 3. The van der Waals surface area contributed by atoms with Gasteiger partial charge in [-0.2, -0.15) is 0 Å². The number of benzene rings is 1. The zero-order valence-electron chi connectivity index (χ0n) is 11.5. The van der Waals surface area contributed by atoms with Crippen LogP contribution < -0.4 is 11.5 Å². The van der Waals surface area contributed by atoms with Crippen molar-refractivity contribution in [2.45, 2.75) is 12.8 Å². The molecule has 0 aliphatic carbocycles. The van der Waals surface area contributed by atoms with E-state index in [0.717, 1.165) is 44.8 Å². The third kappa shape index (κ3) is 3.40. The second-order valence-corrected chi connectivity index (χ2v) is 4.96. The molecule has 1 aromatic rings. The average molecular weight is 279 g/mol. The maximum Gasteiger partial charge on any atom is 0.337 e. The summed E-state index contributed by atoms with van der Waals surface area (Å²) in [5.74, 6) is -1.02. The molecule has 0 radical (unpaired) electrons. The van der Waals surface area contributed by atoms with E-state index in [4.69, 9.17) is 21.3 Å². The van der Waals surface area contributed by atoms with Crippen LogP contribution in [0.15, 0.2) is 12.1 Å². The SMILES string of the molecule is Nc1ccc(C(=O)O)c(N)c1CCCN1CCOCC1. The molecule has 0 unspecified atom stereocenters. The predicted molar refractivity (Wildman–Crippen MR) is 77.8 cm³/mol. The highest BCUT2D eigenvalue weighted by Crippen LogP contribution is 2.25. The number of aromatic carboxylic acids is 1. The van der Waals surface area contributed by atoms with Crippen molar-refractivity contribution in [2.24, 2.45) is 0 Å². The van der Waals surface area contributed by atoms with Crippen molar-refractivity contribution in [3.8, 4) is 0 Å². The largest absolute Gasteiger partial charge is 0.478 e. The number of morpholine rings is 1. The summed E-state index contributed by atoms with van der Waals surface area (Å²) in [6, 6.07) is 3.07. The number of carboxylic acids is 1. The van der Waals surface area contributed by atoms with Crippen molar-refractivity contribution < 1.29 is 14.6 Å². The fourth-order valence-electron chi connectivity index (χ4n) is 2.45. The lowest BCUT2D eigenvalue weighted by molar-refractivity contribution is 0.0375. The van der Waals surface area contributed by atoms with Gasteiger partial charge in [0.05, 0.1) is 24.5 Å². The number of ether oxygens (including phenoxy) is 1. The summed E-state index contributed by atoms with van der Waals surface area (Å²) < 4.78 is 5.30. The van der Waals surface area contributed by atoms with Crippen LogP contribution in [-0.2, 0) is 11.2 Å². The number of nitrogens with zero attached hydrogens (tertiary/aromatic N) is 1. The molecule has 0 spiro atoms. The predicted octanol–water partition coefficient (Wildman–Crippen LogP) is 0.814. The highest BCUT2D eigenvalue weighted by molar-refractivity contribution is 5.95. The van der Waals surface area contributed by atoms with Crippen LogP contribution in [0.25, 0.3) is 0 Å². The first-order chi connectivity index (χ1) is 9.59. The molecule has 110 valence electrons. The first-order valence-corrected chi connectivity index (χ1v) is 6.80. The van der Waals surface area contributed by atoms with Gasteiger partial charge in [-0.1, -0.05) is 0 Å². The highest BCUT2D eigenvalue weighted by atomic mass is 16.5. The third-order valence-corrected chi connectivity index (χ3v) is 3.63. The maximum atomic E-state index is 11.1. The molecule has 6 nitrogen and oxygen atoms in total. The molecule has 1 aromatic carbocycles. The van der Waals surface area contributed by atoms with Crippen molar-refractivity contribution in [1.29, 1.82) is 0 Å². The Kier molecular flexibility index (Phi) is 4.81. The van der Waals surface area contributed by atoms with Gasteiger partial charge in [0.15, 0.2) is 0 Å². The standard InChI is InChI=1S/C14H21N3O3/c15-12-4-3-11(14(18)19)13(16)10(12)2-1-5-17-6-8-20-9-7-17/h3-4H,1-2,5-9,15-16H2,(H,18,19). The summed E-state index contributed by atoms with van der Waals surface area (Å²) in [6.07, 6.45) is 1.59. The van der Waals surface area contributed by atoms with E-state index in [2.05, 4.69) is 4.90 Å². The van der Waals surface area contributed by atoms with Crippen LogP contribution in [-0.4, -0.2) is 48.8 Å². The van der Waals surface area contributed by atoms with Crippen molar-refractivity contribution >= 4 is 17.3 Å². The van der Waals surface area contributed by atoms with Gasteiger partial charge < -0.3 is 21.3 Å². The van der Waals surface area contributed by atoms with E-state index in [1.54, 1.807) is 6.07 Å². The second kappa shape index (κ2) is 6.58. The van der Waals surface area contributed by atoms with Crippen LogP contribution in [0.5, 0.6) is 0 Å². The Hall–Kier alpha value is -1.79. The summed E-state index contributed by atoms with van der Waals surface area (Å²) in [7, 11) is 0. The molecule has 0 aromatic heterocycles. The van der Waals surface area contributed by atoms with Crippen molar-refractivity contribution in [3.63, 3.8) is 0 Å². The zero-order valence-corrected chi connectivity index (χ0v) is 11.5. The van der Waals surface area contributed by atoms with E-state index in [1.165, 1.54) is 6.07 Å². The fourth-order valence-corrected chi connectivity index (χ4v) is 2.45. The normalized spacial score (nSPS) is 16.2. The number of anilines is 2. The van der Waals surface area contributed by atoms with E-state index in [9.17, 15) is 4.79 Å². The Morgan fingerprint density at radius 1 is 1.30 bits per heavy atom. The number of nitrogens with two attached hydrogens (primary N) is 2. The van der Waals surface area contributed by atoms with Gasteiger partial charge in [-0.3, -0.25) is 4.90 Å². The number of hydrogen-bond acceptors (Lipinski definition) is 5. The smallest absolute Gasteiger partial charge is 0.337 e. The average Bonchev–Trinajstić information content (AvgIpc) is 2.43. The van der Waals surface area contributed by atoms with E-state index < -0.39 is 5.97 Å². The number of nitrogen functional groups attached to an aromatic ring is 2. The Labute approximate surface area is 118 Å². The maximum absolute atomic E-state index is 11.1. The van der Waals surface area contributed by atoms with Crippen molar-refractivity contribution in [2.75, 3.05) is 44.3 Å². The van der Waals surface area contributed by atoms with Gasteiger partial charge in [0, 0.05) is 18.8 Å². The molecule has 1 aliphatic heterocycles. The van der Waals surface area contributed by atoms with Crippen molar-refractivity contribution in [1.82, 2.24) is 4.90 Å². The monoisotopic (exact) mass is 279 g/mol. The Morgan fingerprint density at radius 3 is 2.65 bits per heavy atom. The summed E-state index contributed by atoms with van der Waals surface area (Å²) in [5.41, 5.74) is 13.5. The summed E-state index contributed by atoms with van der Waals surface area (Å²) in [4.78, 5) is 13.4. The second-order valence-electron chi connectivity index (χ2n) is 4.96. The fraction of sp³-hybridized carbons (Fsp3) is 0.500. The molecular formula is C14H21N3O3. The van der Waals surface area contributed by atoms with Gasteiger partial charge in [0.1, 0.15) is 0 Å². The van der Waals surface area contributed by atoms with Crippen LogP contribution in [0, 0.1) is 0 Å². The first-order valence-electron chi connectivity index (χ1n) is 6.80. The van der Waals surface area contributed by atoms with Gasteiger partial charge in [0.2, 0.25) is 0 Å². The molecule has 2 rings (SSSR count). The lowest BCUT2D eigenvalue weighted by Crippen LogP contribution is -2.37. The summed E-state index contributed by atoms with van der Waals surface area (Å²) in [5, 5.41) is 9.07. The first kappa shape index (κ1) is 14.6. The minimum Gasteiger partial charge on any atom is -0.478 e. The molecule has 0 amide bonds. The molecule has 1 aliphatic rings. The van der Waals surface area contributed by atoms with E-state index >= 15 is 0 Å². The third-order valence-electron chi connectivity index (χ3n) is 3.63. The molecular weight excluding hydrogens is 258 g/mol. The molecule has 5 N–H and O–H groups in total. The van der Waals surface area contributed by atoms with Gasteiger partial charge in [0.25, 0.3) is 0 Å². The highest BCUT2D eigenvalue weighted by Gasteiger charge is 2.15. The zero-order chi connectivity index (χ0) is 14.5. The van der Waals surface area contributed by atoms with Crippen molar-refractivity contribution in [3.05, 3.63) is 23.3 Å². The minimum absolute atomic E-state index is 0.126. The quantitative estimate of drug-likeness (QED) is 0.690. The molecule has 6 heteroatoms. The Balaban J connectivity index is 1.98. The molecule has 1 saturated heterocycles. The van der Waals surface area contributed by atoms with Gasteiger partial charge in [-0.25, -0.2) is 4.79 Å². The lowest BCUT2D eigenvalue weighted by Gasteiger charge is -2.26. The van der Waals surface area contributed by atoms with Crippen LogP contribution in [0.2, 0.25) is 0 Å². The molecule has 1 fully saturated rings. The number of rotatable bonds is 5. The molecule has 20 heavy (non-hydrogen) atoms. The van der Waals surface area contributed by atoms with Gasteiger partial charge >= 0.3 is 5.97 Å². The number of carboxylic acid groups (broad SMARTS) is 1. The van der Waals surface area contributed by atoms with Crippen LogP contribution in [0.4, 0.5) is 11.4 Å². The summed E-state index contributed by atoms with van der Waals surface area (Å²) >= 11 is 0. The Morgan fingerprint density at radius 2 is 2.00 bits per heavy atom. The van der Waals surface area contributed by atoms with Crippen LogP contribution >= 0.6 is 0 Å². The summed E-state index contributed by atoms with van der Waals surface area (Å²) in [6.45, 7) is 4.39. The molecule has 0 saturated carbocycles. The Bertz CT molecular complexity index is 485. The van der Waals surface area contributed by atoms with E-state index in [0.29, 0.717) is 17.8 Å². The lowest BCUT2D eigenvalue weighted by atomic mass is 10.0. The van der Waals surface area contributed by atoms with E-state index in [-0.39, 0.29) is 5.56 Å². The number of carbonyl (C=O) groups is 1. The van der Waals surface area contributed by atoms with Crippen LogP contribution in [0.1, 0.15) is 22.3 Å². The molecule has 0 bridgehead atoms. The minimum atomic E-state index is -1.02. The van der Waals surface area contributed by atoms with Gasteiger partial charge in [-0.05, 0) is 37.1 Å². The molecule has 1 heterocycles.